The summed E-state index contributed by atoms with van der Waals surface area (Å²) < 4.78 is 6.96. The van der Waals surface area contributed by atoms with Gasteiger partial charge in [0.1, 0.15) is 6.10 Å². The van der Waals surface area contributed by atoms with E-state index < -0.39 is 6.10 Å². The van der Waals surface area contributed by atoms with Crippen molar-refractivity contribution in [2.24, 2.45) is 0 Å². The van der Waals surface area contributed by atoms with E-state index in [1.54, 1.807) is 10.9 Å². The number of hydrogen-bond acceptors (Lipinski definition) is 3. The number of halogens is 1. The first-order chi connectivity index (χ1) is 7.20. The van der Waals surface area contributed by atoms with E-state index in [-0.39, 0.29) is 6.61 Å². The predicted molar refractivity (Wildman–Crippen MR) is 59.0 cm³/mol. The highest BCUT2D eigenvalue weighted by atomic mass is 35.5. The molecule has 0 saturated carbocycles. The Balaban J connectivity index is 2.63. The number of aliphatic hydroxyl groups is 1. The van der Waals surface area contributed by atoms with Crippen LogP contribution >= 0.6 is 11.6 Å². The molecule has 15 heavy (non-hydrogen) atoms. The second-order valence-electron chi connectivity index (χ2n) is 3.28. The first kappa shape index (κ1) is 12.5. The first-order valence-electron chi connectivity index (χ1n) is 5.17. The van der Waals surface area contributed by atoms with Crippen molar-refractivity contribution in [3.63, 3.8) is 0 Å². The highest BCUT2D eigenvalue weighted by Gasteiger charge is 2.17. The van der Waals surface area contributed by atoms with Gasteiger partial charge >= 0.3 is 0 Å². The highest BCUT2D eigenvalue weighted by Crippen LogP contribution is 2.22. The Morgan fingerprint density at radius 3 is 2.93 bits per heavy atom. The van der Waals surface area contributed by atoms with Gasteiger partial charge < -0.3 is 9.84 Å². The number of rotatable bonds is 6. The van der Waals surface area contributed by atoms with Crippen LogP contribution in [0.4, 0.5) is 0 Å². The van der Waals surface area contributed by atoms with Crippen molar-refractivity contribution in [1.82, 2.24) is 9.78 Å². The van der Waals surface area contributed by atoms with Gasteiger partial charge in [-0.15, -0.1) is 0 Å². The van der Waals surface area contributed by atoms with E-state index in [0.29, 0.717) is 23.9 Å². The summed E-state index contributed by atoms with van der Waals surface area (Å²) in [7, 11) is 0. The fourth-order valence-corrected chi connectivity index (χ4v) is 1.64. The van der Waals surface area contributed by atoms with E-state index in [0.717, 1.165) is 6.42 Å². The Hall–Kier alpha value is -0.580. The van der Waals surface area contributed by atoms with Gasteiger partial charge in [0.15, 0.2) is 0 Å². The molecule has 1 N–H and O–H groups in total. The third kappa shape index (κ3) is 3.19. The van der Waals surface area contributed by atoms with E-state index in [1.807, 2.05) is 13.8 Å². The lowest BCUT2D eigenvalue weighted by atomic mass is 10.2. The van der Waals surface area contributed by atoms with E-state index in [1.165, 1.54) is 0 Å². The van der Waals surface area contributed by atoms with Gasteiger partial charge in [0.2, 0.25) is 0 Å². The summed E-state index contributed by atoms with van der Waals surface area (Å²) in [6.45, 7) is 5.57. The molecule has 0 aliphatic rings. The fraction of sp³-hybridized carbons (Fsp3) is 0.700. The molecule has 0 fully saturated rings. The fourth-order valence-electron chi connectivity index (χ4n) is 1.37. The second-order valence-corrected chi connectivity index (χ2v) is 3.69. The summed E-state index contributed by atoms with van der Waals surface area (Å²) in [6.07, 6.45) is 1.78. The molecule has 0 amide bonds. The number of aromatic nitrogens is 2. The minimum Gasteiger partial charge on any atom is -0.384 e. The second kappa shape index (κ2) is 6.10. The standard InChI is InChI=1S/C10H17ClN2O2/c1-3-5-15-7-9(14)10-8(11)6-12-13(10)4-2/h6,9,14H,3-5,7H2,1-2H3. The van der Waals surface area contributed by atoms with Crippen LogP contribution in [0.25, 0.3) is 0 Å². The molecule has 0 spiro atoms. The Morgan fingerprint density at radius 1 is 1.60 bits per heavy atom. The van der Waals surface area contributed by atoms with Crippen LogP contribution < -0.4 is 0 Å². The molecule has 0 saturated heterocycles. The predicted octanol–water partition coefficient (Wildman–Crippen LogP) is 2.02. The van der Waals surface area contributed by atoms with Crippen LogP contribution in [0.3, 0.4) is 0 Å². The molecule has 0 bridgehead atoms. The monoisotopic (exact) mass is 232 g/mol. The van der Waals surface area contributed by atoms with Gasteiger partial charge in [-0.3, -0.25) is 4.68 Å². The van der Waals surface area contributed by atoms with E-state index in [4.69, 9.17) is 16.3 Å². The van der Waals surface area contributed by atoms with E-state index in [2.05, 4.69) is 5.10 Å². The molecule has 0 aromatic carbocycles. The van der Waals surface area contributed by atoms with Crippen molar-refractivity contribution in [3.05, 3.63) is 16.9 Å². The average molecular weight is 233 g/mol. The molecular weight excluding hydrogens is 216 g/mol. The van der Waals surface area contributed by atoms with Crippen molar-refractivity contribution >= 4 is 11.6 Å². The Kier molecular flexibility index (Phi) is 5.08. The van der Waals surface area contributed by atoms with Gasteiger partial charge in [-0.1, -0.05) is 18.5 Å². The van der Waals surface area contributed by atoms with Crippen molar-refractivity contribution in [3.8, 4) is 0 Å². The Bertz CT molecular complexity index is 302. The Morgan fingerprint density at radius 2 is 2.33 bits per heavy atom. The van der Waals surface area contributed by atoms with Crippen molar-refractivity contribution in [2.75, 3.05) is 13.2 Å². The van der Waals surface area contributed by atoms with Gasteiger partial charge in [0.25, 0.3) is 0 Å². The SMILES string of the molecule is CCCOCC(O)c1c(Cl)cnn1CC. The summed E-state index contributed by atoms with van der Waals surface area (Å²) in [5.41, 5.74) is 0.635. The zero-order valence-electron chi connectivity index (χ0n) is 9.11. The number of nitrogens with zero attached hydrogens (tertiary/aromatic N) is 2. The number of aliphatic hydroxyl groups excluding tert-OH is 1. The molecule has 0 aliphatic carbocycles. The van der Waals surface area contributed by atoms with Crippen molar-refractivity contribution in [2.45, 2.75) is 32.9 Å². The van der Waals surface area contributed by atoms with Crippen LogP contribution in [0.15, 0.2) is 6.20 Å². The first-order valence-corrected chi connectivity index (χ1v) is 5.55. The molecule has 1 rings (SSSR count). The lowest BCUT2D eigenvalue weighted by molar-refractivity contribution is 0.0319. The summed E-state index contributed by atoms with van der Waals surface area (Å²) in [5, 5.41) is 14.4. The van der Waals surface area contributed by atoms with Crippen LogP contribution in [0.1, 0.15) is 32.1 Å². The van der Waals surface area contributed by atoms with Crippen LogP contribution in [-0.2, 0) is 11.3 Å². The molecule has 5 heteroatoms. The van der Waals surface area contributed by atoms with Gasteiger partial charge in [-0.05, 0) is 13.3 Å². The molecule has 1 atom stereocenters. The molecule has 86 valence electrons. The van der Waals surface area contributed by atoms with Gasteiger partial charge in [0.05, 0.1) is 23.5 Å². The van der Waals surface area contributed by atoms with Crippen LogP contribution in [-0.4, -0.2) is 28.1 Å². The average Bonchev–Trinajstić information content (AvgIpc) is 2.59. The molecule has 1 unspecified atom stereocenters. The summed E-state index contributed by atoms with van der Waals surface area (Å²) in [5.74, 6) is 0. The van der Waals surface area contributed by atoms with Crippen molar-refractivity contribution < 1.29 is 9.84 Å². The number of hydrogen-bond donors (Lipinski definition) is 1. The Labute approximate surface area is 94.8 Å². The van der Waals surface area contributed by atoms with E-state index in [9.17, 15) is 5.11 Å². The molecular formula is C10H17ClN2O2. The largest absolute Gasteiger partial charge is 0.384 e. The van der Waals surface area contributed by atoms with Gasteiger partial charge in [-0.25, -0.2) is 0 Å². The van der Waals surface area contributed by atoms with Gasteiger partial charge in [0, 0.05) is 13.2 Å². The zero-order valence-corrected chi connectivity index (χ0v) is 9.87. The lowest BCUT2D eigenvalue weighted by Crippen LogP contribution is -2.13. The topological polar surface area (TPSA) is 47.3 Å². The summed E-state index contributed by atoms with van der Waals surface area (Å²) >= 11 is 5.93. The molecule has 0 radical (unpaired) electrons. The molecule has 0 aliphatic heterocycles. The molecule has 1 aromatic heterocycles. The maximum absolute atomic E-state index is 9.86. The van der Waals surface area contributed by atoms with Crippen molar-refractivity contribution in [1.29, 1.82) is 0 Å². The van der Waals surface area contributed by atoms with Gasteiger partial charge in [-0.2, -0.15) is 5.10 Å². The number of aryl methyl sites for hydroxylation is 1. The number of ether oxygens (including phenoxy) is 1. The minimum absolute atomic E-state index is 0.263. The quantitative estimate of drug-likeness (QED) is 0.764. The normalized spacial score (nSPS) is 13.1. The summed E-state index contributed by atoms with van der Waals surface area (Å²) in [4.78, 5) is 0. The maximum atomic E-state index is 9.86. The third-order valence-corrected chi connectivity index (χ3v) is 2.36. The lowest BCUT2D eigenvalue weighted by Gasteiger charge is -2.13. The molecule has 4 nitrogen and oxygen atoms in total. The van der Waals surface area contributed by atoms with Crippen LogP contribution in [0.2, 0.25) is 5.02 Å². The minimum atomic E-state index is -0.702. The van der Waals surface area contributed by atoms with Crippen LogP contribution in [0.5, 0.6) is 0 Å². The maximum Gasteiger partial charge on any atom is 0.120 e. The summed E-state index contributed by atoms with van der Waals surface area (Å²) in [6, 6.07) is 0. The smallest absolute Gasteiger partial charge is 0.120 e. The highest BCUT2D eigenvalue weighted by molar-refractivity contribution is 6.31. The molecule has 1 aromatic rings. The third-order valence-electron chi connectivity index (χ3n) is 2.07. The van der Waals surface area contributed by atoms with Crippen LogP contribution in [0, 0.1) is 0 Å². The van der Waals surface area contributed by atoms with E-state index >= 15 is 0 Å². The molecule has 1 heterocycles. The zero-order chi connectivity index (χ0) is 11.3.